The highest BCUT2D eigenvalue weighted by molar-refractivity contribution is 7.90. The lowest BCUT2D eigenvalue weighted by Crippen LogP contribution is -2.19. The van der Waals surface area contributed by atoms with Gasteiger partial charge in [-0.2, -0.15) is 13.2 Å². The molecule has 172 valence electrons. The van der Waals surface area contributed by atoms with Gasteiger partial charge in [0.25, 0.3) is 10.0 Å². The van der Waals surface area contributed by atoms with Gasteiger partial charge < -0.3 is 5.11 Å². The van der Waals surface area contributed by atoms with Crippen molar-refractivity contribution < 1.29 is 26.7 Å². The summed E-state index contributed by atoms with van der Waals surface area (Å²) in [6.07, 6.45) is -6.33. The van der Waals surface area contributed by atoms with Gasteiger partial charge >= 0.3 is 6.18 Å². The van der Waals surface area contributed by atoms with Crippen molar-refractivity contribution in [2.24, 2.45) is 0 Å². The molecule has 4 rings (SSSR count). The molecule has 0 saturated carbocycles. The van der Waals surface area contributed by atoms with Gasteiger partial charge in [0, 0.05) is 21.0 Å². The summed E-state index contributed by atoms with van der Waals surface area (Å²) in [5, 5.41) is 11.6. The maximum absolute atomic E-state index is 13.6. The van der Waals surface area contributed by atoms with Crippen molar-refractivity contribution in [1.29, 1.82) is 0 Å². The van der Waals surface area contributed by atoms with Crippen molar-refractivity contribution in [3.05, 3.63) is 99.2 Å². The number of hydrogen-bond acceptors (Lipinski definition) is 3. The lowest BCUT2D eigenvalue weighted by atomic mass is 10.0. The number of hydrogen-bond donors (Lipinski definition) is 1. The number of nitrogens with zero attached hydrogens (tertiary/aromatic N) is 1. The minimum absolute atomic E-state index is 0.0434. The third-order valence-corrected chi connectivity index (χ3v) is 7.69. The smallest absolute Gasteiger partial charge is 0.382 e. The Kier molecular flexibility index (Phi) is 5.99. The average molecular weight is 514 g/mol. The van der Waals surface area contributed by atoms with E-state index in [1.54, 1.807) is 12.1 Å². The van der Waals surface area contributed by atoms with E-state index in [-0.39, 0.29) is 42.7 Å². The first-order chi connectivity index (χ1) is 15.4. The summed E-state index contributed by atoms with van der Waals surface area (Å²) in [4.78, 5) is -0.156. The molecule has 0 saturated heterocycles. The maximum Gasteiger partial charge on any atom is 0.416 e. The van der Waals surface area contributed by atoms with Crippen molar-refractivity contribution in [3.8, 4) is 0 Å². The topological polar surface area (TPSA) is 59.3 Å². The summed E-state index contributed by atoms with van der Waals surface area (Å²) in [7, 11) is -4.41. The van der Waals surface area contributed by atoms with Gasteiger partial charge in [-0.1, -0.05) is 47.5 Å². The molecule has 0 aliphatic carbocycles. The van der Waals surface area contributed by atoms with Crippen molar-refractivity contribution in [3.63, 3.8) is 0 Å². The van der Waals surface area contributed by atoms with E-state index in [9.17, 15) is 26.7 Å². The summed E-state index contributed by atoms with van der Waals surface area (Å²) in [5.41, 5.74) is -1.18. The largest absolute Gasteiger partial charge is 0.416 e. The Morgan fingerprint density at radius 3 is 2.12 bits per heavy atom. The first-order valence-corrected chi connectivity index (χ1v) is 11.8. The standard InChI is InChI=1S/C23H16Cl2F3NO3S/c1-13-10-14(23(26,27)28)11-19-16(13)12-20(22(30)21-17(24)8-5-9-18(21)25)29(19)33(31,32)15-6-3-2-4-7-15/h2-12,22,30H,1H3. The normalized spacial score (nSPS) is 13.4. The summed E-state index contributed by atoms with van der Waals surface area (Å²) in [6.45, 7) is 1.44. The molecule has 0 bridgehead atoms. The number of aliphatic hydroxyl groups excluding tert-OH is 1. The van der Waals surface area contributed by atoms with Gasteiger partial charge in [-0.25, -0.2) is 12.4 Å². The van der Waals surface area contributed by atoms with Crippen LogP contribution in [0.4, 0.5) is 13.2 Å². The second-order valence-electron chi connectivity index (χ2n) is 7.41. The van der Waals surface area contributed by atoms with Crippen LogP contribution in [0.5, 0.6) is 0 Å². The molecular weight excluding hydrogens is 498 g/mol. The van der Waals surface area contributed by atoms with E-state index in [4.69, 9.17) is 23.2 Å². The van der Waals surface area contributed by atoms with Crippen LogP contribution in [0.3, 0.4) is 0 Å². The second kappa shape index (κ2) is 8.36. The molecule has 0 amide bonds. The van der Waals surface area contributed by atoms with Crippen LogP contribution in [-0.2, 0) is 16.2 Å². The number of aliphatic hydroxyl groups is 1. The van der Waals surface area contributed by atoms with Crippen LogP contribution in [0.2, 0.25) is 10.0 Å². The predicted molar refractivity (Wildman–Crippen MR) is 121 cm³/mol. The van der Waals surface area contributed by atoms with Gasteiger partial charge in [0.15, 0.2) is 0 Å². The number of fused-ring (bicyclic) bond motifs is 1. The summed E-state index contributed by atoms with van der Waals surface area (Å²) in [5.74, 6) is 0. The number of aromatic nitrogens is 1. The molecule has 4 nitrogen and oxygen atoms in total. The highest BCUT2D eigenvalue weighted by atomic mass is 35.5. The molecule has 1 atom stereocenters. The maximum atomic E-state index is 13.6. The molecule has 10 heteroatoms. The number of rotatable bonds is 4. The molecule has 1 heterocycles. The zero-order valence-corrected chi connectivity index (χ0v) is 19.3. The van der Waals surface area contributed by atoms with Gasteiger partial charge in [0.2, 0.25) is 0 Å². The van der Waals surface area contributed by atoms with Gasteiger partial charge in [-0.15, -0.1) is 0 Å². The van der Waals surface area contributed by atoms with Crippen molar-refractivity contribution in [1.82, 2.24) is 3.97 Å². The fraction of sp³-hybridized carbons (Fsp3) is 0.130. The molecule has 0 spiro atoms. The van der Waals surface area contributed by atoms with Crippen LogP contribution in [0, 0.1) is 6.92 Å². The molecule has 1 N–H and O–H groups in total. The van der Waals surface area contributed by atoms with E-state index in [2.05, 4.69) is 0 Å². The number of benzene rings is 3. The summed E-state index contributed by atoms with van der Waals surface area (Å²) >= 11 is 12.4. The molecule has 1 unspecified atom stereocenters. The third kappa shape index (κ3) is 4.12. The fourth-order valence-electron chi connectivity index (χ4n) is 3.72. The Labute approximate surface area is 197 Å². The minimum atomic E-state index is -4.70. The molecule has 0 aliphatic heterocycles. The number of aryl methyl sites for hydroxylation is 1. The second-order valence-corrected chi connectivity index (χ2v) is 10.0. The quantitative estimate of drug-likeness (QED) is 0.334. The highest BCUT2D eigenvalue weighted by Crippen LogP contribution is 2.40. The Hall–Kier alpha value is -2.52. The van der Waals surface area contributed by atoms with E-state index in [0.29, 0.717) is 0 Å². The zero-order chi connectivity index (χ0) is 24.1. The minimum Gasteiger partial charge on any atom is -0.382 e. The monoisotopic (exact) mass is 513 g/mol. The molecule has 0 aliphatic rings. The third-order valence-electron chi connectivity index (χ3n) is 5.27. The average Bonchev–Trinajstić information content (AvgIpc) is 3.14. The Balaban J connectivity index is 2.11. The highest BCUT2D eigenvalue weighted by Gasteiger charge is 2.34. The molecule has 0 radical (unpaired) electrons. The van der Waals surface area contributed by atoms with E-state index in [1.165, 1.54) is 49.4 Å². The van der Waals surface area contributed by atoms with Gasteiger partial charge in [-0.05, 0) is 55.0 Å². The molecule has 0 fully saturated rings. The molecule has 3 aromatic carbocycles. The molecular formula is C23H16Cl2F3NO3S. The van der Waals surface area contributed by atoms with Gasteiger partial charge in [-0.3, -0.25) is 0 Å². The van der Waals surface area contributed by atoms with Crippen LogP contribution in [0.1, 0.15) is 28.5 Å². The van der Waals surface area contributed by atoms with Crippen LogP contribution in [0.25, 0.3) is 10.9 Å². The van der Waals surface area contributed by atoms with Crippen molar-refractivity contribution in [2.45, 2.75) is 24.1 Å². The molecule has 1 aromatic heterocycles. The Morgan fingerprint density at radius 2 is 1.55 bits per heavy atom. The van der Waals surface area contributed by atoms with Crippen molar-refractivity contribution in [2.75, 3.05) is 0 Å². The first-order valence-electron chi connectivity index (χ1n) is 9.58. The van der Waals surface area contributed by atoms with E-state index in [0.717, 1.165) is 16.1 Å². The van der Waals surface area contributed by atoms with Gasteiger partial charge in [0.1, 0.15) is 6.10 Å². The van der Waals surface area contributed by atoms with Crippen LogP contribution < -0.4 is 0 Å². The lowest BCUT2D eigenvalue weighted by molar-refractivity contribution is -0.137. The lowest BCUT2D eigenvalue weighted by Gasteiger charge is -2.18. The first kappa shape index (κ1) is 23.6. The van der Waals surface area contributed by atoms with Gasteiger partial charge in [0.05, 0.1) is 21.7 Å². The summed E-state index contributed by atoms with van der Waals surface area (Å²) < 4.78 is 68.6. The van der Waals surface area contributed by atoms with Crippen LogP contribution in [-0.4, -0.2) is 17.5 Å². The van der Waals surface area contributed by atoms with Crippen LogP contribution in [0.15, 0.2) is 71.6 Å². The molecule has 33 heavy (non-hydrogen) atoms. The predicted octanol–water partition coefficient (Wildman–Crippen LogP) is 6.59. The number of alkyl halides is 3. The van der Waals surface area contributed by atoms with E-state index in [1.807, 2.05) is 0 Å². The Morgan fingerprint density at radius 1 is 0.939 bits per heavy atom. The summed E-state index contributed by atoms with van der Waals surface area (Å²) in [6, 6.07) is 14.8. The van der Waals surface area contributed by atoms with Crippen LogP contribution >= 0.6 is 23.2 Å². The Bertz CT molecular complexity index is 1450. The molecule has 4 aromatic rings. The SMILES string of the molecule is Cc1cc(C(F)(F)F)cc2c1cc(C(O)c1c(Cl)cccc1Cl)n2S(=O)(=O)c1ccccc1. The fourth-order valence-corrected chi connectivity index (χ4v) is 5.88. The van der Waals surface area contributed by atoms with Crippen molar-refractivity contribution >= 4 is 44.1 Å². The van der Waals surface area contributed by atoms with E-state index >= 15 is 0 Å². The number of halogens is 5. The zero-order valence-electron chi connectivity index (χ0n) is 16.9. The van der Waals surface area contributed by atoms with E-state index < -0.39 is 27.9 Å².